The van der Waals surface area contributed by atoms with Crippen molar-refractivity contribution in [2.45, 2.75) is 465 Å². The average Bonchev–Trinajstić information content (AvgIpc) is 1.72. The Labute approximate surface area is 881 Å². The van der Waals surface area contributed by atoms with Crippen LogP contribution in [0.25, 0.3) is 0 Å². The van der Waals surface area contributed by atoms with Gasteiger partial charge in [0.1, 0.15) is 23.1 Å². The van der Waals surface area contributed by atoms with Crippen LogP contribution in [0.4, 0.5) is 0 Å². The van der Waals surface area contributed by atoms with Crippen LogP contribution < -0.4 is 0 Å². The molecule has 0 heterocycles. The van der Waals surface area contributed by atoms with Crippen molar-refractivity contribution in [2.75, 3.05) is 0 Å². The molecule has 0 N–H and O–H groups in total. The van der Waals surface area contributed by atoms with Gasteiger partial charge in [-0.3, -0.25) is 76.7 Å². The molecule has 11 aliphatic carbocycles. The molecule has 0 spiro atoms. The second-order valence-corrected chi connectivity index (χ2v) is 48.8. The zero-order valence-corrected chi connectivity index (χ0v) is 99.9. The quantitative estimate of drug-likeness (QED) is 0.0719. The summed E-state index contributed by atoms with van der Waals surface area (Å²) in [6.45, 7) is 92.1. The average molecular weight is 2010 g/mol. The second-order valence-electron chi connectivity index (χ2n) is 48.8. The van der Waals surface area contributed by atoms with Gasteiger partial charge in [-0.15, -0.1) is 0 Å². The fourth-order valence-electron chi connectivity index (χ4n) is 22.6. The first-order valence-electron chi connectivity index (χ1n) is 56.4. The first-order chi connectivity index (χ1) is 66.9. The van der Waals surface area contributed by atoms with Crippen LogP contribution in [0.5, 0.6) is 0 Å². The summed E-state index contributed by atoms with van der Waals surface area (Å²) in [7, 11) is 0. The Morgan fingerprint density at radius 2 is 0.248 bits per heavy atom. The zero-order valence-electron chi connectivity index (χ0n) is 99.9. The van der Waals surface area contributed by atoms with E-state index in [0.29, 0.717) is 169 Å². The predicted molar refractivity (Wildman–Crippen MR) is 599 cm³/mol. The van der Waals surface area contributed by atoms with Gasteiger partial charge in [-0.1, -0.05) is 360 Å². The molecule has 0 unspecified atom stereocenters. The molecule has 0 fully saturated rings. The smallest absolute Gasteiger partial charge is 0.167 e. The summed E-state index contributed by atoms with van der Waals surface area (Å²) in [5.41, 5.74) is 24.5. The number of hydrogen-bond donors (Lipinski definition) is 0. The number of hydrogen-bond acceptors (Lipinski definition) is 16. The van der Waals surface area contributed by atoms with Crippen molar-refractivity contribution in [3.05, 3.63) is 123 Å². The molecule has 11 aliphatic rings. The molecule has 0 aromatic heterocycles. The third-order valence-electron chi connectivity index (χ3n) is 29.3. The van der Waals surface area contributed by atoms with E-state index < -0.39 is 0 Å². The van der Waals surface area contributed by atoms with Gasteiger partial charge in [-0.25, -0.2) is 0 Å². The Kier molecular flexibility index (Phi) is 59.3. The highest BCUT2D eigenvalue weighted by atomic mass is 16.2. The number of allylic oxidation sites excluding steroid dienone is 22. The summed E-state index contributed by atoms with van der Waals surface area (Å²) >= 11 is 0. The fraction of sp³-hybridized carbons (Fsp3) is 0.705. The topological polar surface area (TPSA) is 273 Å². The van der Waals surface area contributed by atoms with Gasteiger partial charge in [0.15, 0.2) is 69.4 Å². The third kappa shape index (κ3) is 41.6. The number of carbonyl (C=O) groups excluding carboxylic acids is 16. The minimum Gasteiger partial charge on any atom is -0.299 e. The van der Waals surface area contributed by atoms with E-state index in [2.05, 4.69) is 166 Å². The van der Waals surface area contributed by atoms with Gasteiger partial charge in [-0.05, 0) is 215 Å². The van der Waals surface area contributed by atoms with Crippen molar-refractivity contribution >= 4 is 92.5 Å². The molecule has 0 saturated carbocycles. The molecule has 0 radical (unpaired) electrons. The summed E-state index contributed by atoms with van der Waals surface area (Å²) in [4.78, 5) is 185. The Balaban J connectivity index is 0.000000798. The van der Waals surface area contributed by atoms with E-state index in [1.54, 1.807) is 0 Å². The van der Waals surface area contributed by atoms with Crippen LogP contribution in [0.2, 0.25) is 0 Å². The van der Waals surface area contributed by atoms with Crippen LogP contribution in [0.3, 0.4) is 0 Å². The van der Waals surface area contributed by atoms with E-state index in [9.17, 15) is 76.7 Å². The molecular weight excluding hydrogens is 1810 g/mol. The lowest BCUT2D eigenvalue weighted by Crippen LogP contribution is -2.25. The Bertz CT molecular complexity index is 4600. The molecule has 0 atom stereocenters. The van der Waals surface area contributed by atoms with Gasteiger partial charge >= 0.3 is 0 Å². The van der Waals surface area contributed by atoms with Crippen LogP contribution in [-0.2, 0) is 76.7 Å². The highest BCUT2D eigenvalue weighted by molar-refractivity contribution is 6.23. The molecule has 16 nitrogen and oxygen atoms in total. The SMILES string of the molecule is CC(C)C1=C(C(C)C)C(=O)CC(=O)C1.CC(C)C1=C(C(C)C)C(=O)CC(=O)C1.CC(C)C1=C(C(C)C)C(=O)CC1.CC(C)C1=C(C(C)C)C(=O)CC1.CC(C)C1=C(C(C)C)C(=O)CC1=O.CC(C)C1=C(C(C)C)C(=O)CCC1.CC(C)C1=C(C(C)C)C(=O)CCC1.CC(C)C1=C(C(C)C)C(=O)CCC1=O.CC(C)C1=C(C(C)C)C(=O)CCC1=O.CC(C)C1=C(C(C)C)CC(=O)CC1.CC(C)C1=C(C(C)C)CC(=O)CC1. The summed E-state index contributed by atoms with van der Waals surface area (Å²) in [5.74, 6) is 11.7. The van der Waals surface area contributed by atoms with Crippen LogP contribution >= 0.6 is 0 Å². The lowest BCUT2D eigenvalue weighted by Gasteiger charge is -2.25. The molecular formula is C129H204O16. The molecule has 0 aliphatic heterocycles. The van der Waals surface area contributed by atoms with Crippen molar-refractivity contribution in [2.24, 2.45) is 130 Å². The highest BCUT2D eigenvalue weighted by Gasteiger charge is 2.38. The van der Waals surface area contributed by atoms with Crippen LogP contribution in [0.15, 0.2) is 123 Å². The van der Waals surface area contributed by atoms with E-state index in [1.165, 1.54) is 44.6 Å². The highest BCUT2D eigenvalue weighted by Crippen LogP contribution is 2.42. The van der Waals surface area contributed by atoms with Crippen molar-refractivity contribution in [3.8, 4) is 0 Å². The lowest BCUT2D eigenvalue weighted by atomic mass is 9.79. The summed E-state index contributed by atoms with van der Waals surface area (Å²) in [6.07, 6.45) is 17.3. The second kappa shape index (κ2) is 63.8. The van der Waals surface area contributed by atoms with Gasteiger partial charge in [0.25, 0.3) is 0 Å². The fourth-order valence-corrected chi connectivity index (χ4v) is 22.6. The van der Waals surface area contributed by atoms with Crippen molar-refractivity contribution < 1.29 is 76.7 Å². The Hall–Kier alpha value is -8.14. The number of rotatable bonds is 22. The summed E-state index contributed by atoms with van der Waals surface area (Å²) in [6, 6.07) is 0. The maximum Gasteiger partial charge on any atom is 0.167 e. The van der Waals surface area contributed by atoms with Crippen molar-refractivity contribution in [1.82, 2.24) is 0 Å². The lowest BCUT2D eigenvalue weighted by molar-refractivity contribution is -0.127. The van der Waals surface area contributed by atoms with E-state index in [4.69, 9.17) is 0 Å². The van der Waals surface area contributed by atoms with Gasteiger partial charge in [0.2, 0.25) is 0 Å². The number of carbonyl (C=O) groups is 16. The maximum absolute atomic E-state index is 11.7. The third-order valence-corrected chi connectivity index (χ3v) is 29.3. The predicted octanol–water partition coefficient (Wildman–Crippen LogP) is 31.6. The Morgan fingerprint density at radius 3 is 0.434 bits per heavy atom. The minimum absolute atomic E-state index is 0.0312. The zero-order chi connectivity index (χ0) is 112. The minimum atomic E-state index is 0.0312. The van der Waals surface area contributed by atoms with E-state index in [1.807, 2.05) is 138 Å². The monoisotopic (exact) mass is 2010 g/mol. The molecule has 11 rings (SSSR count). The first kappa shape index (κ1) is 135. The van der Waals surface area contributed by atoms with Gasteiger partial charge in [0.05, 0.1) is 19.3 Å². The normalized spacial score (nSPS) is 18.8. The first-order valence-corrected chi connectivity index (χ1v) is 56.4. The van der Waals surface area contributed by atoms with Gasteiger partial charge in [0, 0.05) is 123 Å². The number of Topliss-reactive ketones (excluding diaryl/α,β-unsaturated/α-hetero) is 16. The molecule has 0 aromatic rings. The Morgan fingerprint density at radius 1 is 0.103 bits per heavy atom. The molecule has 0 saturated heterocycles. The standard InChI is InChI=1S/4C12H18O2.4C12H20O.C11H16O2.2C11H18O/c2*1-7(2)10-5-9(13)6-11(14)12(10)8(3)4;2*1-7(2)11-9(13)5-6-10(14)12(11)8(3)4;2*1-8(2)11-6-5-10(13)7-12(11)9(3)4;2*1-8(2)10-6-5-7-11(13)12(10)9(3)4;1-6(2)10-8(12)5-9(13)11(10)7(3)4;2*1-7(2)9-5-6-10(12)11(9)8(3)4/h4*7-8H,5-6H2,1-4H3;4*8-9H,5-7H2,1-4H3;6-7H,5H2,1-4H3;2*7-8H,5-6H2,1-4H3. The number of ketones is 16. The van der Waals surface area contributed by atoms with Crippen LogP contribution in [0.1, 0.15) is 465 Å². The van der Waals surface area contributed by atoms with E-state index >= 15 is 0 Å². The van der Waals surface area contributed by atoms with E-state index in [-0.39, 0.29) is 124 Å². The molecule has 0 bridgehead atoms. The largest absolute Gasteiger partial charge is 0.299 e. The summed E-state index contributed by atoms with van der Waals surface area (Å²) < 4.78 is 0. The van der Waals surface area contributed by atoms with Gasteiger partial charge < -0.3 is 0 Å². The van der Waals surface area contributed by atoms with Crippen molar-refractivity contribution in [1.29, 1.82) is 0 Å². The van der Waals surface area contributed by atoms with Crippen molar-refractivity contribution in [3.63, 3.8) is 0 Å². The molecule has 0 amide bonds. The van der Waals surface area contributed by atoms with Crippen LogP contribution in [0, 0.1) is 130 Å². The molecule has 816 valence electrons. The molecule has 16 heteroatoms. The summed E-state index contributed by atoms with van der Waals surface area (Å²) in [5, 5.41) is 0. The molecule has 145 heavy (non-hydrogen) atoms. The molecule has 0 aromatic carbocycles. The van der Waals surface area contributed by atoms with Crippen LogP contribution in [-0.4, -0.2) is 92.5 Å². The van der Waals surface area contributed by atoms with E-state index in [0.717, 1.165) is 168 Å². The maximum atomic E-state index is 11.7. The van der Waals surface area contributed by atoms with Gasteiger partial charge in [-0.2, -0.15) is 0 Å².